The minimum atomic E-state index is -0.266. The zero-order chi connectivity index (χ0) is 11.7. The van der Waals surface area contributed by atoms with Crippen molar-refractivity contribution in [3.05, 3.63) is 12.2 Å². The van der Waals surface area contributed by atoms with Crippen molar-refractivity contribution in [1.82, 2.24) is 4.90 Å². The summed E-state index contributed by atoms with van der Waals surface area (Å²) >= 11 is 0. The fourth-order valence-corrected chi connectivity index (χ4v) is 2.66. The molecule has 1 N–H and O–H groups in total. The third-order valence-corrected chi connectivity index (χ3v) is 3.37. The van der Waals surface area contributed by atoms with Crippen molar-refractivity contribution >= 4 is 19.6 Å². The van der Waals surface area contributed by atoms with Crippen LogP contribution in [0, 0.1) is 11.8 Å². The van der Waals surface area contributed by atoms with Gasteiger partial charge in [-0.25, -0.2) is 0 Å². The lowest BCUT2D eigenvalue weighted by Gasteiger charge is -2.24. The number of carbonyl (C=O) groups is 2. The zero-order valence-electron chi connectivity index (χ0n) is 9.68. The summed E-state index contributed by atoms with van der Waals surface area (Å²) in [5.74, 6) is -0.342. The van der Waals surface area contributed by atoms with Gasteiger partial charge in [-0.1, -0.05) is 12.2 Å². The summed E-state index contributed by atoms with van der Waals surface area (Å²) in [6, 6.07) is -0.266. The van der Waals surface area contributed by atoms with Crippen LogP contribution in [-0.4, -0.2) is 43.6 Å². The molecule has 1 aliphatic carbocycles. The summed E-state index contributed by atoms with van der Waals surface area (Å²) in [7, 11) is 1.39. The van der Waals surface area contributed by atoms with E-state index in [2.05, 4.69) is 5.11 Å². The second kappa shape index (κ2) is 3.81. The van der Waals surface area contributed by atoms with Crippen LogP contribution in [0.5, 0.6) is 0 Å². The van der Waals surface area contributed by atoms with Crippen LogP contribution in [0.2, 0.25) is 0 Å². The zero-order valence-corrected chi connectivity index (χ0v) is 8.68. The highest BCUT2D eigenvalue weighted by molar-refractivity contribution is 6.58. The van der Waals surface area contributed by atoms with Crippen LogP contribution in [0.15, 0.2) is 12.2 Å². The van der Waals surface area contributed by atoms with Crippen molar-refractivity contribution in [1.29, 1.82) is 1.43 Å². The molecule has 0 bridgehead atoms. The maximum Gasteiger partial charge on any atom is 0.232 e. The van der Waals surface area contributed by atoms with E-state index in [0.29, 0.717) is 6.42 Å². The Kier molecular flexibility index (Phi) is 2.33. The van der Waals surface area contributed by atoms with E-state index >= 15 is 0 Å². The number of aliphatic hydroxyl groups excluding tert-OH is 1. The second-order valence-corrected chi connectivity index (χ2v) is 4.17. The number of fused-ring (bicyclic) bond motifs is 1. The molecule has 2 aliphatic rings. The van der Waals surface area contributed by atoms with E-state index in [9.17, 15) is 9.59 Å². The Morgan fingerprint density at radius 1 is 1.67 bits per heavy atom. The highest BCUT2D eigenvalue weighted by Crippen LogP contribution is 2.38. The molecule has 0 saturated carbocycles. The molecule has 0 aromatic rings. The predicted molar refractivity (Wildman–Crippen MR) is 57.0 cm³/mol. The minimum absolute atomic E-state index is 0.103. The number of amides is 2. The first-order valence-electron chi connectivity index (χ1n) is 5.64. The van der Waals surface area contributed by atoms with Crippen molar-refractivity contribution in [2.75, 3.05) is 6.61 Å². The SMILES string of the molecule is [3H]OC[C@@H]1C2CC=CCC2C(=O)N1C(B)=O. The molecular weight excluding hydrogens is 193 g/mol. The molecule has 0 aromatic carbocycles. The van der Waals surface area contributed by atoms with Gasteiger partial charge >= 0.3 is 0 Å². The number of hydrogen-bond acceptors (Lipinski definition) is 3. The van der Waals surface area contributed by atoms with Crippen LogP contribution >= 0.6 is 0 Å². The highest BCUT2D eigenvalue weighted by atomic mass is 16.3. The lowest BCUT2D eigenvalue weighted by molar-refractivity contribution is -0.129. The molecule has 3 atom stereocenters. The lowest BCUT2D eigenvalue weighted by atomic mass is 9.82. The van der Waals surface area contributed by atoms with Crippen molar-refractivity contribution in [2.45, 2.75) is 18.9 Å². The number of carbonyl (C=O) groups excluding carboxylic acids is 2. The Morgan fingerprint density at radius 3 is 3.07 bits per heavy atom. The van der Waals surface area contributed by atoms with Gasteiger partial charge in [-0.2, -0.15) is 0 Å². The molecule has 2 unspecified atom stereocenters. The Labute approximate surface area is 90.8 Å². The highest BCUT2D eigenvalue weighted by Gasteiger charge is 2.48. The van der Waals surface area contributed by atoms with Crippen LogP contribution < -0.4 is 0 Å². The number of rotatable bonds is 2. The number of likely N-dealkylation sites (tertiary alicyclic amines) is 1. The van der Waals surface area contributed by atoms with Gasteiger partial charge in [0.05, 0.1) is 12.6 Å². The van der Waals surface area contributed by atoms with Crippen LogP contribution in [0.25, 0.3) is 0 Å². The Morgan fingerprint density at radius 2 is 2.40 bits per heavy atom. The standard InChI is InChI=1S/C10H14BNO3/c11-10(15)12-8(5-13)6-3-1-2-4-7(6)9(12)14/h1-2,6-8,13H,3-5,11H2/t6?,7?,8-/m1/s1/i13T. The molecule has 5 heteroatoms. The maximum atomic E-state index is 12.0. The van der Waals surface area contributed by atoms with Gasteiger partial charge in [0, 0.05) is 5.92 Å². The predicted octanol–water partition coefficient (Wildman–Crippen LogP) is -0.475. The van der Waals surface area contributed by atoms with E-state index in [-0.39, 0.29) is 36.2 Å². The summed E-state index contributed by atoms with van der Waals surface area (Å²) in [5, 5.41) is 4.38. The molecule has 1 heterocycles. The Hall–Kier alpha value is -1.10. The van der Waals surface area contributed by atoms with E-state index in [1.54, 1.807) is 0 Å². The summed E-state index contributed by atoms with van der Waals surface area (Å²) in [4.78, 5) is 24.7. The Balaban J connectivity index is 2.27. The molecule has 0 spiro atoms. The van der Waals surface area contributed by atoms with E-state index in [0.717, 1.165) is 6.42 Å². The molecule has 2 rings (SSSR count). The second-order valence-electron chi connectivity index (χ2n) is 4.17. The summed E-state index contributed by atoms with van der Waals surface area (Å²) in [6.45, 7) is 0.111. The largest absolute Gasteiger partial charge is 0.394 e. The molecular formula is C10H14BNO3. The normalized spacial score (nSPS) is 35.2. The smallest absolute Gasteiger partial charge is 0.232 e. The molecule has 1 saturated heterocycles. The average molecular weight is 209 g/mol. The van der Waals surface area contributed by atoms with E-state index < -0.39 is 0 Å². The van der Waals surface area contributed by atoms with Gasteiger partial charge in [0.1, 0.15) is 0 Å². The fraction of sp³-hybridized carbons (Fsp3) is 0.600. The van der Waals surface area contributed by atoms with Crippen LogP contribution in [0.4, 0.5) is 4.79 Å². The monoisotopic (exact) mass is 209 g/mol. The number of hydrogen-bond donors (Lipinski definition) is 1. The van der Waals surface area contributed by atoms with Gasteiger partial charge in [-0.3, -0.25) is 14.5 Å². The number of nitrogens with zero attached hydrogens (tertiary/aromatic N) is 1. The molecule has 15 heavy (non-hydrogen) atoms. The number of aliphatic hydroxyl groups is 1. The summed E-state index contributed by atoms with van der Waals surface area (Å²) in [6.07, 6.45) is 5.51. The van der Waals surface area contributed by atoms with Crippen LogP contribution in [0.3, 0.4) is 0 Å². The molecule has 1 aliphatic heterocycles. The van der Waals surface area contributed by atoms with Gasteiger partial charge in [-0.15, -0.1) is 0 Å². The minimum Gasteiger partial charge on any atom is -0.394 e. The van der Waals surface area contributed by atoms with E-state index in [1.807, 2.05) is 12.2 Å². The number of allylic oxidation sites excluding steroid dienone is 2. The lowest BCUT2D eigenvalue weighted by Crippen LogP contribution is -2.41. The third kappa shape index (κ3) is 1.51. The van der Waals surface area contributed by atoms with E-state index in [4.69, 9.17) is 1.43 Å². The molecule has 1 fully saturated rings. The van der Waals surface area contributed by atoms with Crippen molar-refractivity contribution < 1.29 is 14.7 Å². The van der Waals surface area contributed by atoms with Gasteiger partial charge in [0.2, 0.25) is 15.2 Å². The first kappa shape index (κ1) is 9.15. The van der Waals surface area contributed by atoms with E-state index in [1.165, 1.54) is 12.7 Å². The molecule has 0 radical (unpaired) electrons. The molecule has 80 valence electrons. The maximum absolute atomic E-state index is 12.0. The van der Waals surface area contributed by atoms with Crippen LogP contribution in [-0.2, 0) is 4.79 Å². The topological polar surface area (TPSA) is 57.6 Å². The number of imide groups is 1. The molecule has 0 aromatic heterocycles. The third-order valence-electron chi connectivity index (χ3n) is 3.37. The average Bonchev–Trinajstić information content (AvgIpc) is 2.54. The van der Waals surface area contributed by atoms with Crippen LogP contribution in [0.1, 0.15) is 12.8 Å². The summed E-state index contributed by atoms with van der Waals surface area (Å²) < 4.78 is 6.80. The summed E-state index contributed by atoms with van der Waals surface area (Å²) in [5.41, 5.74) is 0. The van der Waals surface area contributed by atoms with Crippen molar-refractivity contribution in [3.8, 4) is 0 Å². The molecule has 2 amide bonds. The molecule has 4 nitrogen and oxygen atoms in total. The first-order chi connectivity index (χ1) is 7.66. The first-order valence-corrected chi connectivity index (χ1v) is 5.23. The fourth-order valence-electron chi connectivity index (χ4n) is 2.66. The van der Waals surface area contributed by atoms with Gasteiger partial charge in [0.25, 0.3) is 0 Å². The van der Waals surface area contributed by atoms with Gasteiger partial charge in [0.15, 0.2) is 5.81 Å². The van der Waals surface area contributed by atoms with Crippen molar-refractivity contribution in [3.63, 3.8) is 0 Å². The Bertz CT molecular complexity index is 347. The quantitative estimate of drug-likeness (QED) is 0.493. The van der Waals surface area contributed by atoms with Crippen molar-refractivity contribution in [2.24, 2.45) is 11.8 Å². The van der Waals surface area contributed by atoms with Gasteiger partial charge < -0.3 is 5.11 Å². The van der Waals surface area contributed by atoms with Gasteiger partial charge in [-0.05, 0) is 18.8 Å².